The van der Waals surface area contributed by atoms with E-state index in [1.54, 1.807) is 26.4 Å². The second-order valence-corrected chi connectivity index (χ2v) is 6.41. The number of methoxy groups -OCH3 is 2. The second-order valence-electron chi connectivity index (χ2n) is 5.59. The van der Waals surface area contributed by atoms with E-state index >= 15 is 0 Å². The molecule has 0 aliphatic rings. The number of rotatable bonds is 9. The SMILES string of the molecule is COc1ccc(CCNC(=O)CCNc2ccc(Cl)c(Cl)c2)cc1OC. The fraction of sp³-hybridized carbons (Fsp3) is 0.316. The number of halogens is 2. The molecule has 0 bridgehead atoms. The van der Waals surface area contributed by atoms with Crippen molar-refractivity contribution in [1.82, 2.24) is 5.32 Å². The van der Waals surface area contributed by atoms with Crippen LogP contribution in [0.1, 0.15) is 12.0 Å². The van der Waals surface area contributed by atoms with Gasteiger partial charge in [0.15, 0.2) is 11.5 Å². The molecule has 5 nitrogen and oxygen atoms in total. The maximum Gasteiger partial charge on any atom is 0.221 e. The molecule has 140 valence electrons. The Morgan fingerprint density at radius 2 is 1.73 bits per heavy atom. The Morgan fingerprint density at radius 3 is 2.42 bits per heavy atom. The van der Waals surface area contributed by atoms with Crippen LogP contribution in [0.2, 0.25) is 10.0 Å². The summed E-state index contributed by atoms with van der Waals surface area (Å²) >= 11 is 11.8. The van der Waals surface area contributed by atoms with Crippen molar-refractivity contribution >= 4 is 34.8 Å². The highest BCUT2D eigenvalue weighted by molar-refractivity contribution is 6.42. The number of anilines is 1. The molecule has 2 aromatic carbocycles. The number of ether oxygens (including phenoxy) is 2. The quantitative estimate of drug-likeness (QED) is 0.667. The van der Waals surface area contributed by atoms with Crippen molar-refractivity contribution in [3.05, 3.63) is 52.0 Å². The van der Waals surface area contributed by atoms with Crippen LogP contribution in [0, 0.1) is 0 Å². The Balaban J connectivity index is 1.71. The van der Waals surface area contributed by atoms with Crippen molar-refractivity contribution in [3.63, 3.8) is 0 Å². The summed E-state index contributed by atoms with van der Waals surface area (Å²) in [5.41, 5.74) is 1.90. The first-order valence-corrected chi connectivity index (χ1v) is 8.95. The molecule has 2 N–H and O–H groups in total. The summed E-state index contributed by atoms with van der Waals surface area (Å²) in [6.07, 6.45) is 1.08. The lowest BCUT2D eigenvalue weighted by Crippen LogP contribution is -2.27. The zero-order valence-corrected chi connectivity index (χ0v) is 16.3. The largest absolute Gasteiger partial charge is 0.493 e. The molecule has 0 radical (unpaired) electrons. The monoisotopic (exact) mass is 396 g/mol. The molecular formula is C19H22Cl2N2O3. The smallest absolute Gasteiger partial charge is 0.221 e. The van der Waals surface area contributed by atoms with E-state index in [0.29, 0.717) is 47.5 Å². The average molecular weight is 397 g/mol. The van der Waals surface area contributed by atoms with Gasteiger partial charge in [0.2, 0.25) is 5.91 Å². The summed E-state index contributed by atoms with van der Waals surface area (Å²) in [6.45, 7) is 1.07. The molecule has 1 amide bonds. The highest BCUT2D eigenvalue weighted by Crippen LogP contribution is 2.27. The van der Waals surface area contributed by atoms with Crippen molar-refractivity contribution in [2.45, 2.75) is 12.8 Å². The number of benzene rings is 2. The molecule has 0 heterocycles. The van der Waals surface area contributed by atoms with Crippen LogP contribution in [0.25, 0.3) is 0 Å². The van der Waals surface area contributed by atoms with Crippen LogP contribution in [-0.4, -0.2) is 33.2 Å². The normalized spacial score (nSPS) is 10.3. The molecule has 0 aliphatic carbocycles. The predicted molar refractivity (Wildman–Crippen MR) is 106 cm³/mol. The van der Waals surface area contributed by atoms with Crippen molar-refractivity contribution in [3.8, 4) is 11.5 Å². The van der Waals surface area contributed by atoms with E-state index < -0.39 is 0 Å². The van der Waals surface area contributed by atoms with Gasteiger partial charge in [-0.05, 0) is 42.3 Å². The Hall–Kier alpha value is -2.11. The van der Waals surface area contributed by atoms with Crippen LogP contribution in [0.4, 0.5) is 5.69 Å². The molecule has 0 saturated heterocycles. The highest BCUT2D eigenvalue weighted by Gasteiger charge is 2.06. The Kier molecular flexibility index (Phi) is 7.88. The van der Waals surface area contributed by atoms with E-state index in [4.69, 9.17) is 32.7 Å². The summed E-state index contributed by atoms with van der Waals surface area (Å²) < 4.78 is 10.5. The fourth-order valence-electron chi connectivity index (χ4n) is 2.40. The lowest BCUT2D eigenvalue weighted by atomic mass is 10.1. The summed E-state index contributed by atoms with van der Waals surface area (Å²) in [5.74, 6) is 1.36. The van der Waals surface area contributed by atoms with Crippen LogP contribution in [0.5, 0.6) is 11.5 Å². The number of nitrogens with one attached hydrogen (secondary N) is 2. The number of hydrogen-bond donors (Lipinski definition) is 2. The van der Waals surface area contributed by atoms with Gasteiger partial charge in [-0.2, -0.15) is 0 Å². The van der Waals surface area contributed by atoms with E-state index in [1.165, 1.54) is 0 Å². The van der Waals surface area contributed by atoms with Gasteiger partial charge in [0.25, 0.3) is 0 Å². The van der Waals surface area contributed by atoms with Gasteiger partial charge in [-0.1, -0.05) is 29.3 Å². The average Bonchev–Trinajstić information content (AvgIpc) is 2.64. The topological polar surface area (TPSA) is 59.6 Å². The van der Waals surface area contributed by atoms with E-state index in [2.05, 4.69) is 10.6 Å². The van der Waals surface area contributed by atoms with Crippen LogP contribution in [-0.2, 0) is 11.2 Å². The maximum absolute atomic E-state index is 11.9. The number of hydrogen-bond acceptors (Lipinski definition) is 4. The Bertz CT molecular complexity index is 754. The standard InChI is InChI=1S/C19H22Cl2N2O3/c1-25-17-6-3-13(11-18(17)26-2)7-9-23-19(24)8-10-22-14-4-5-15(20)16(21)12-14/h3-6,11-12,22H,7-10H2,1-2H3,(H,23,24). The predicted octanol–water partition coefficient (Wildman–Crippen LogP) is 4.17. The first-order chi connectivity index (χ1) is 12.5. The van der Waals surface area contributed by atoms with E-state index in [-0.39, 0.29) is 5.91 Å². The fourth-order valence-corrected chi connectivity index (χ4v) is 2.70. The number of carbonyl (C=O) groups is 1. The molecular weight excluding hydrogens is 375 g/mol. The summed E-state index contributed by atoms with van der Waals surface area (Å²) in [6, 6.07) is 11.0. The van der Waals surface area contributed by atoms with Gasteiger partial charge < -0.3 is 20.1 Å². The van der Waals surface area contributed by atoms with Gasteiger partial charge in [0.1, 0.15) is 0 Å². The van der Waals surface area contributed by atoms with Gasteiger partial charge in [-0.3, -0.25) is 4.79 Å². The second kappa shape index (κ2) is 10.1. The van der Waals surface area contributed by atoms with Crippen LogP contribution in [0.3, 0.4) is 0 Å². The molecule has 0 spiro atoms. The lowest BCUT2D eigenvalue weighted by Gasteiger charge is -2.10. The molecule has 2 aromatic rings. The van der Waals surface area contributed by atoms with E-state index in [0.717, 1.165) is 11.3 Å². The summed E-state index contributed by atoms with van der Waals surface area (Å²) in [7, 11) is 3.20. The first-order valence-electron chi connectivity index (χ1n) is 8.20. The van der Waals surface area contributed by atoms with Crippen LogP contribution in [0.15, 0.2) is 36.4 Å². The highest BCUT2D eigenvalue weighted by atomic mass is 35.5. The molecule has 0 saturated carbocycles. The molecule has 0 unspecified atom stereocenters. The minimum atomic E-state index is -0.0157. The number of amides is 1. The van der Waals surface area contributed by atoms with Crippen molar-refractivity contribution in [2.24, 2.45) is 0 Å². The maximum atomic E-state index is 11.9. The summed E-state index contributed by atoms with van der Waals surface area (Å²) in [5, 5.41) is 7.04. The Labute approximate surface area is 163 Å². The Morgan fingerprint density at radius 1 is 0.962 bits per heavy atom. The molecule has 0 atom stereocenters. The van der Waals surface area contributed by atoms with Crippen LogP contribution < -0.4 is 20.1 Å². The van der Waals surface area contributed by atoms with Gasteiger partial charge in [0, 0.05) is 25.2 Å². The zero-order valence-electron chi connectivity index (χ0n) is 14.8. The number of carbonyl (C=O) groups excluding carboxylic acids is 1. The minimum absolute atomic E-state index is 0.0157. The zero-order chi connectivity index (χ0) is 18.9. The lowest BCUT2D eigenvalue weighted by molar-refractivity contribution is -0.120. The van der Waals surface area contributed by atoms with Crippen molar-refractivity contribution in [2.75, 3.05) is 32.6 Å². The van der Waals surface area contributed by atoms with Crippen LogP contribution >= 0.6 is 23.2 Å². The van der Waals surface area contributed by atoms with Gasteiger partial charge in [-0.15, -0.1) is 0 Å². The third-order valence-corrected chi connectivity index (χ3v) is 4.52. The van der Waals surface area contributed by atoms with Gasteiger partial charge in [-0.25, -0.2) is 0 Å². The molecule has 7 heteroatoms. The van der Waals surface area contributed by atoms with E-state index in [9.17, 15) is 4.79 Å². The van der Waals surface area contributed by atoms with Crippen molar-refractivity contribution in [1.29, 1.82) is 0 Å². The molecule has 0 aliphatic heterocycles. The minimum Gasteiger partial charge on any atom is -0.493 e. The third-order valence-electron chi connectivity index (χ3n) is 3.78. The third kappa shape index (κ3) is 6.00. The van der Waals surface area contributed by atoms with Gasteiger partial charge >= 0.3 is 0 Å². The van der Waals surface area contributed by atoms with Gasteiger partial charge in [0.05, 0.1) is 24.3 Å². The molecule has 2 rings (SSSR count). The molecule has 0 aromatic heterocycles. The van der Waals surface area contributed by atoms with E-state index in [1.807, 2.05) is 24.3 Å². The first kappa shape index (κ1) is 20.2. The van der Waals surface area contributed by atoms with Crippen molar-refractivity contribution < 1.29 is 14.3 Å². The molecule has 0 fully saturated rings. The molecule has 26 heavy (non-hydrogen) atoms. The summed E-state index contributed by atoms with van der Waals surface area (Å²) in [4.78, 5) is 11.9.